The quantitative estimate of drug-likeness (QED) is 0.860. The number of nitrogens with one attached hydrogen (secondary N) is 2. The molecule has 0 radical (unpaired) electrons. The molecule has 1 unspecified atom stereocenters. The van der Waals surface area contributed by atoms with Crippen LogP contribution in [0.3, 0.4) is 0 Å². The van der Waals surface area contributed by atoms with E-state index in [9.17, 15) is 4.79 Å². The fourth-order valence-corrected chi connectivity index (χ4v) is 2.31. The van der Waals surface area contributed by atoms with Crippen LogP contribution < -0.4 is 15.4 Å². The lowest BCUT2D eigenvalue weighted by Gasteiger charge is -2.15. The number of benzene rings is 1. The molecular weight excluding hydrogens is 290 g/mol. The van der Waals surface area contributed by atoms with Crippen LogP contribution in [-0.4, -0.2) is 24.0 Å². The zero-order chi connectivity index (χ0) is 16.2. The number of rotatable bonds is 6. The van der Waals surface area contributed by atoms with Gasteiger partial charge in [0.2, 0.25) is 0 Å². The van der Waals surface area contributed by atoms with Gasteiger partial charge in [-0.15, -0.1) is 0 Å². The molecule has 5 heteroatoms. The molecule has 1 fully saturated rings. The number of amides is 1. The molecule has 1 aromatic carbocycles. The van der Waals surface area contributed by atoms with Gasteiger partial charge in [-0.25, -0.2) is 4.98 Å². The third kappa shape index (κ3) is 4.00. The molecule has 3 rings (SSSR count). The van der Waals surface area contributed by atoms with E-state index in [0.29, 0.717) is 11.6 Å². The van der Waals surface area contributed by atoms with E-state index in [0.717, 1.165) is 17.1 Å². The van der Waals surface area contributed by atoms with Crippen LogP contribution >= 0.6 is 0 Å². The van der Waals surface area contributed by atoms with Gasteiger partial charge in [0.05, 0.1) is 18.7 Å². The highest BCUT2D eigenvalue weighted by Gasteiger charge is 2.21. The average Bonchev–Trinajstić information content (AvgIpc) is 3.39. The second-order valence-corrected chi connectivity index (χ2v) is 5.82. The third-order valence-electron chi connectivity index (χ3n) is 3.92. The first-order valence-electron chi connectivity index (χ1n) is 7.83. The molecule has 0 aliphatic heterocycles. The van der Waals surface area contributed by atoms with E-state index in [1.165, 1.54) is 12.8 Å². The summed E-state index contributed by atoms with van der Waals surface area (Å²) in [6.45, 7) is 1.95. The van der Waals surface area contributed by atoms with Crippen molar-refractivity contribution in [3.63, 3.8) is 0 Å². The molecule has 23 heavy (non-hydrogen) atoms. The van der Waals surface area contributed by atoms with Crippen LogP contribution in [0.1, 0.15) is 41.7 Å². The Kier molecular flexibility index (Phi) is 4.46. The van der Waals surface area contributed by atoms with Crippen molar-refractivity contribution in [2.75, 3.05) is 12.4 Å². The Morgan fingerprint density at radius 2 is 1.96 bits per heavy atom. The minimum Gasteiger partial charge on any atom is -0.497 e. The summed E-state index contributed by atoms with van der Waals surface area (Å²) < 4.78 is 5.14. The van der Waals surface area contributed by atoms with E-state index in [1.54, 1.807) is 19.4 Å². The highest BCUT2D eigenvalue weighted by molar-refractivity contribution is 5.94. The zero-order valence-corrected chi connectivity index (χ0v) is 13.4. The molecule has 1 heterocycles. The standard InChI is InChI=1S/C18H21N3O2/c1-12(13-3-8-16(23-2)9-4-13)20-18(22)14-5-10-17(19-11-14)21-15-6-7-15/h3-5,8-12,15H,6-7H2,1-2H3,(H,19,21)(H,20,22). The molecule has 0 saturated heterocycles. The minimum absolute atomic E-state index is 0.0855. The van der Waals surface area contributed by atoms with Crippen LogP contribution in [0, 0.1) is 0 Å². The Morgan fingerprint density at radius 3 is 2.52 bits per heavy atom. The Bertz CT molecular complexity index is 664. The van der Waals surface area contributed by atoms with Crippen LogP contribution in [0.25, 0.3) is 0 Å². The summed E-state index contributed by atoms with van der Waals surface area (Å²) in [7, 11) is 1.63. The van der Waals surface area contributed by atoms with E-state index in [1.807, 2.05) is 37.3 Å². The van der Waals surface area contributed by atoms with Gasteiger partial charge < -0.3 is 15.4 Å². The summed E-state index contributed by atoms with van der Waals surface area (Å²) >= 11 is 0. The second kappa shape index (κ2) is 6.69. The van der Waals surface area contributed by atoms with E-state index < -0.39 is 0 Å². The van der Waals surface area contributed by atoms with Crippen molar-refractivity contribution in [1.29, 1.82) is 0 Å². The average molecular weight is 311 g/mol. The summed E-state index contributed by atoms with van der Waals surface area (Å²) in [6, 6.07) is 11.8. The van der Waals surface area contributed by atoms with Crippen molar-refractivity contribution in [2.24, 2.45) is 0 Å². The number of carbonyl (C=O) groups excluding carboxylic acids is 1. The smallest absolute Gasteiger partial charge is 0.253 e. The molecule has 1 amide bonds. The van der Waals surface area contributed by atoms with Gasteiger partial charge in [-0.1, -0.05) is 12.1 Å². The van der Waals surface area contributed by atoms with Crippen LogP contribution in [0.4, 0.5) is 5.82 Å². The molecule has 0 spiro atoms. The van der Waals surface area contributed by atoms with Gasteiger partial charge >= 0.3 is 0 Å². The Hall–Kier alpha value is -2.56. The maximum Gasteiger partial charge on any atom is 0.253 e. The van der Waals surface area contributed by atoms with Crippen molar-refractivity contribution >= 4 is 11.7 Å². The van der Waals surface area contributed by atoms with Crippen molar-refractivity contribution in [3.05, 3.63) is 53.7 Å². The fraction of sp³-hybridized carbons (Fsp3) is 0.333. The number of aromatic nitrogens is 1. The SMILES string of the molecule is COc1ccc(C(C)NC(=O)c2ccc(NC3CC3)nc2)cc1. The Morgan fingerprint density at radius 1 is 1.22 bits per heavy atom. The molecule has 0 bridgehead atoms. The molecule has 1 saturated carbocycles. The Labute approximate surface area is 136 Å². The first-order valence-corrected chi connectivity index (χ1v) is 7.83. The molecule has 120 valence electrons. The first kappa shape index (κ1) is 15.3. The number of methoxy groups -OCH3 is 1. The van der Waals surface area contributed by atoms with Crippen molar-refractivity contribution in [1.82, 2.24) is 10.3 Å². The Balaban J connectivity index is 1.60. The number of nitrogens with zero attached hydrogens (tertiary/aromatic N) is 1. The normalized spacial score (nSPS) is 14.9. The highest BCUT2D eigenvalue weighted by atomic mass is 16.5. The second-order valence-electron chi connectivity index (χ2n) is 5.82. The van der Waals surface area contributed by atoms with Crippen molar-refractivity contribution in [3.8, 4) is 5.75 Å². The number of hydrogen-bond donors (Lipinski definition) is 2. The lowest BCUT2D eigenvalue weighted by Crippen LogP contribution is -2.26. The third-order valence-corrected chi connectivity index (χ3v) is 3.92. The van der Waals surface area contributed by atoms with Gasteiger partial charge in [-0.05, 0) is 49.6 Å². The summed E-state index contributed by atoms with van der Waals surface area (Å²) in [5.74, 6) is 1.50. The molecule has 2 N–H and O–H groups in total. The van der Waals surface area contributed by atoms with E-state index >= 15 is 0 Å². The predicted octanol–water partition coefficient (Wildman–Crippen LogP) is 3.16. The van der Waals surface area contributed by atoms with Gasteiger partial charge in [0.1, 0.15) is 11.6 Å². The van der Waals surface area contributed by atoms with E-state index in [4.69, 9.17) is 4.74 Å². The molecule has 5 nitrogen and oxygen atoms in total. The van der Waals surface area contributed by atoms with Crippen LogP contribution in [0.2, 0.25) is 0 Å². The number of ether oxygens (including phenoxy) is 1. The van der Waals surface area contributed by atoms with E-state index in [2.05, 4.69) is 15.6 Å². The van der Waals surface area contributed by atoms with Crippen LogP contribution in [0.15, 0.2) is 42.6 Å². The van der Waals surface area contributed by atoms with Gasteiger partial charge in [0.25, 0.3) is 5.91 Å². The number of anilines is 1. The zero-order valence-electron chi connectivity index (χ0n) is 13.4. The number of carbonyl (C=O) groups is 1. The maximum atomic E-state index is 12.3. The molecule has 1 aliphatic carbocycles. The number of pyridine rings is 1. The van der Waals surface area contributed by atoms with Crippen LogP contribution in [0.5, 0.6) is 5.75 Å². The molecule has 2 aromatic rings. The summed E-state index contributed by atoms with van der Waals surface area (Å²) in [4.78, 5) is 16.6. The summed E-state index contributed by atoms with van der Waals surface area (Å²) in [5, 5.41) is 6.29. The summed E-state index contributed by atoms with van der Waals surface area (Å²) in [5.41, 5.74) is 1.59. The lowest BCUT2D eigenvalue weighted by molar-refractivity contribution is 0.0939. The van der Waals surface area contributed by atoms with Gasteiger partial charge in [-0.3, -0.25) is 4.79 Å². The van der Waals surface area contributed by atoms with Gasteiger partial charge in [-0.2, -0.15) is 0 Å². The minimum atomic E-state index is -0.126. The molecule has 1 aromatic heterocycles. The largest absolute Gasteiger partial charge is 0.497 e. The predicted molar refractivity (Wildman–Crippen MR) is 89.8 cm³/mol. The fourth-order valence-electron chi connectivity index (χ4n) is 2.31. The maximum absolute atomic E-state index is 12.3. The van der Waals surface area contributed by atoms with Gasteiger partial charge in [0, 0.05) is 12.2 Å². The molecule has 1 atom stereocenters. The van der Waals surface area contributed by atoms with Crippen molar-refractivity contribution in [2.45, 2.75) is 31.8 Å². The van der Waals surface area contributed by atoms with Gasteiger partial charge in [0.15, 0.2) is 0 Å². The molecular formula is C18H21N3O2. The topological polar surface area (TPSA) is 63.2 Å². The summed E-state index contributed by atoms with van der Waals surface area (Å²) in [6.07, 6.45) is 4.01. The lowest BCUT2D eigenvalue weighted by atomic mass is 10.1. The highest BCUT2D eigenvalue weighted by Crippen LogP contribution is 2.23. The van der Waals surface area contributed by atoms with Crippen molar-refractivity contribution < 1.29 is 9.53 Å². The van der Waals surface area contributed by atoms with Crippen LogP contribution in [-0.2, 0) is 0 Å². The van der Waals surface area contributed by atoms with E-state index in [-0.39, 0.29) is 11.9 Å². The molecule has 1 aliphatic rings. The number of hydrogen-bond acceptors (Lipinski definition) is 4. The monoisotopic (exact) mass is 311 g/mol. The first-order chi connectivity index (χ1) is 11.2.